The molecule has 2 rings (SSSR count). The first kappa shape index (κ1) is 12.0. The van der Waals surface area contributed by atoms with Crippen LogP contribution in [0.3, 0.4) is 0 Å². The molecule has 0 saturated heterocycles. The number of rotatable bonds is 4. The molecule has 1 heterocycles. The van der Waals surface area contributed by atoms with Crippen LogP contribution in [-0.2, 0) is 0 Å². The van der Waals surface area contributed by atoms with E-state index in [0.29, 0.717) is 6.54 Å². The zero-order valence-corrected chi connectivity index (χ0v) is 10.8. The van der Waals surface area contributed by atoms with Crippen LogP contribution in [-0.4, -0.2) is 25.1 Å². The Morgan fingerprint density at radius 2 is 2.00 bits per heavy atom. The van der Waals surface area contributed by atoms with Gasteiger partial charge in [-0.15, -0.1) is 0 Å². The molecule has 17 heavy (non-hydrogen) atoms. The van der Waals surface area contributed by atoms with Crippen molar-refractivity contribution >= 4 is 16.6 Å². The summed E-state index contributed by atoms with van der Waals surface area (Å²) in [6, 6.07) is 8.36. The van der Waals surface area contributed by atoms with Crippen molar-refractivity contribution in [2.24, 2.45) is 11.1 Å². The number of aromatic nitrogens is 1. The number of anilines is 1. The number of benzene rings is 1. The highest BCUT2D eigenvalue weighted by atomic mass is 15.1. The Balaban J connectivity index is 2.28. The van der Waals surface area contributed by atoms with E-state index < -0.39 is 0 Å². The van der Waals surface area contributed by atoms with E-state index in [1.807, 2.05) is 6.07 Å². The van der Waals surface area contributed by atoms with E-state index >= 15 is 0 Å². The second-order valence-electron chi connectivity index (χ2n) is 5.44. The molecule has 92 valence electrons. The number of para-hydroxylation sites is 1. The van der Waals surface area contributed by atoms with E-state index in [-0.39, 0.29) is 5.41 Å². The fraction of sp³-hybridized carbons (Fsp3) is 0.429. The van der Waals surface area contributed by atoms with Crippen LogP contribution in [0.4, 0.5) is 5.69 Å². The van der Waals surface area contributed by atoms with Gasteiger partial charge >= 0.3 is 0 Å². The van der Waals surface area contributed by atoms with Gasteiger partial charge in [0.05, 0.1) is 5.69 Å². The Kier molecular flexibility index (Phi) is 3.11. The predicted octanol–water partition coefficient (Wildman–Crippen LogP) is 2.59. The fourth-order valence-electron chi connectivity index (χ4n) is 2.16. The Morgan fingerprint density at radius 1 is 1.29 bits per heavy atom. The molecule has 0 bridgehead atoms. The molecule has 0 fully saturated rings. The average molecular weight is 231 g/mol. The second kappa shape index (κ2) is 4.41. The van der Waals surface area contributed by atoms with Gasteiger partial charge in [-0.05, 0) is 18.0 Å². The first-order chi connectivity index (χ1) is 8.03. The largest absolute Gasteiger partial charge is 0.372 e. The maximum Gasteiger partial charge on any atom is 0.0621 e. The number of nitrogens with zero attached hydrogens (tertiary/aromatic N) is 1. The van der Waals surface area contributed by atoms with Crippen molar-refractivity contribution in [3.63, 3.8) is 0 Å². The number of fused-ring (bicyclic) bond motifs is 1. The van der Waals surface area contributed by atoms with E-state index in [4.69, 9.17) is 5.73 Å². The molecule has 0 atom stereocenters. The molecule has 3 N–H and O–H groups in total. The number of hydrogen-bond acceptors (Lipinski definition) is 2. The molecule has 0 aliphatic rings. The van der Waals surface area contributed by atoms with Crippen molar-refractivity contribution in [1.82, 2.24) is 4.98 Å². The van der Waals surface area contributed by atoms with Gasteiger partial charge in [0.1, 0.15) is 0 Å². The standard InChI is InChI=1S/C14H21N3/c1-14(2,9-15)10-17(3)13-8-16-12-7-5-4-6-11(12)13/h4-8,16H,9-10,15H2,1-3H3. The molecular weight excluding hydrogens is 210 g/mol. The normalized spacial score (nSPS) is 12.0. The highest BCUT2D eigenvalue weighted by Gasteiger charge is 2.19. The summed E-state index contributed by atoms with van der Waals surface area (Å²) in [5, 5.41) is 1.27. The third-order valence-corrected chi connectivity index (χ3v) is 3.20. The van der Waals surface area contributed by atoms with Gasteiger partial charge in [0.25, 0.3) is 0 Å². The van der Waals surface area contributed by atoms with Crippen LogP contribution < -0.4 is 10.6 Å². The lowest BCUT2D eigenvalue weighted by Gasteiger charge is -2.30. The number of H-pyrrole nitrogens is 1. The minimum Gasteiger partial charge on any atom is -0.372 e. The Hall–Kier alpha value is -1.48. The number of nitrogens with one attached hydrogen (secondary N) is 1. The molecule has 0 spiro atoms. The number of nitrogens with two attached hydrogens (primary N) is 1. The molecule has 3 nitrogen and oxygen atoms in total. The van der Waals surface area contributed by atoms with Crippen LogP contribution in [0.5, 0.6) is 0 Å². The molecule has 0 aliphatic heterocycles. The van der Waals surface area contributed by atoms with Crippen LogP contribution >= 0.6 is 0 Å². The van der Waals surface area contributed by atoms with Crippen molar-refractivity contribution in [3.8, 4) is 0 Å². The van der Waals surface area contributed by atoms with Gasteiger partial charge in [-0.3, -0.25) is 0 Å². The smallest absolute Gasteiger partial charge is 0.0621 e. The molecular formula is C14H21N3. The van der Waals surface area contributed by atoms with E-state index in [1.54, 1.807) is 0 Å². The van der Waals surface area contributed by atoms with E-state index in [1.165, 1.54) is 16.6 Å². The summed E-state index contributed by atoms with van der Waals surface area (Å²) in [5.41, 5.74) is 8.34. The van der Waals surface area contributed by atoms with Crippen molar-refractivity contribution < 1.29 is 0 Å². The third-order valence-electron chi connectivity index (χ3n) is 3.20. The highest BCUT2D eigenvalue weighted by molar-refractivity contribution is 5.92. The van der Waals surface area contributed by atoms with Gasteiger partial charge < -0.3 is 15.6 Å². The highest BCUT2D eigenvalue weighted by Crippen LogP contribution is 2.27. The van der Waals surface area contributed by atoms with Crippen LogP contribution in [0, 0.1) is 5.41 Å². The van der Waals surface area contributed by atoms with Crippen molar-refractivity contribution in [2.45, 2.75) is 13.8 Å². The quantitative estimate of drug-likeness (QED) is 0.849. The summed E-state index contributed by atoms with van der Waals surface area (Å²) >= 11 is 0. The molecule has 1 aromatic heterocycles. The van der Waals surface area contributed by atoms with Crippen LogP contribution in [0.15, 0.2) is 30.5 Å². The van der Waals surface area contributed by atoms with Crippen molar-refractivity contribution in [3.05, 3.63) is 30.5 Å². The Labute approximate surface area is 103 Å². The van der Waals surface area contributed by atoms with Crippen molar-refractivity contribution in [2.75, 3.05) is 25.0 Å². The lowest BCUT2D eigenvalue weighted by atomic mass is 9.93. The molecule has 0 amide bonds. The van der Waals surface area contributed by atoms with Crippen LogP contribution in [0.25, 0.3) is 10.9 Å². The molecule has 0 unspecified atom stereocenters. The van der Waals surface area contributed by atoms with E-state index in [2.05, 4.69) is 55.2 Å². The van der Waals surface area contributed by atoms with Gasteiger partial charge in [-0.2, -0.15) is 0 Å². The summed E-state index contributed by atoms with van der Waals surface area (Å²) in [7, 11) is 2.12. The van der Waals surface area contributed by atoms with Crippen molar-refractivity contribution in [1.29, 1.82) is 0 Å². The molecule has 0 radical (unpaired) electrons. The molecule has 0 saturated carbocycles. The minimum atomic E-state index is 0.132. The lowest BCUT2D eigenvalue weighted by Crippen LogP contribution is -2.36. The van der Waals surface area contributed by atoms with Gasteiger partial charge in [0, 0.05) is 30.7 Å². The summed E-state index contributed by atoms with van der Waals surface area (Å²) in [4.78, 5) is 5.57. The van der Waals surface area contributed by atoms with Gasteiger partial charge in [-0.25, -0.2) is 0 Å². The zero-order chi connectivity index (χ0) is 12.5. The van der Waals surface area contributed by atoms with Gasteiger partial charge in [-0.1, -0.05) is 32.0 Å². The minimum absolute atomic E-state index is 0.132. The second-order valence-corrected chi connectivity index (χ2v) is 5.44. The summed E-state index contributed by atoms with van der Waals surface area (Å²) < 4.78 is 0. The van der Waals surface area contributed by atoms with E-state index in [9.17, 15) is 0 Å². The SMILES string of the molecule is CN(CC(C)(C)CN)c1c[nH]c2ccccc12. The third kappa shape index (κ3) is 2.44. The lowest BCUT2D eigenvalue weighted by molar-refractivity contribution is 0.385. The number of hydrogen-bond donors (Lipinski definition) is 2. The van der Waals surface area contributed by atoms with E-state index in [0.717, 1.165) is 6.54 Å². The average Bonchev–Trinajstić information content (AvgIpc) is 2.72. The van der Waals surface area contributed by atoms with Crippen LogP contribution in [0.1, 0.15) is 13.8 Å². The van der Waals surface area contributed by atoms with Gasteiger partial charge in [0.2, 0.25) is 0 Å². The zero-order valence-electron chi connectivity index (χ0n) is 10.8. The maximum atomic E-state index is 5.79. The monoisotopic (exact) mass is 231 g/mol. The molecule has 0 aliphatic carbocycles. The number of aromatic amines is 1. The maximum absolute atomic E-state index is 5.79. The Morgan fingerprint density at radius 3 is 2.71 bits per heavy atom. The fourth-order valence-corrected chi connectivity index (χ4v) is 2.16. The first-order valence-corrected chi connectivity index (χ1v) is 6.01. The summed E-state index contributed by atoms with van der Waals surface area (Å²) in [6.07, 6.45) is 2.07. The molecule has 1 aromatic carbocycles. The molecule has 3 heteroatoms. The predicted molar refractivity (Wildman–Crippen MR) is 74.4 cm³/mol. The van der Waals surface area contributed by atoms with Crippen LogP contribution in [0.2, 0.25) is 0 Å². The van der Waals surface area contributed by atoms with Gasteiger partial charge in [0.15, 0.2) is 0 Å². The first-order valence-electron chi connectivity index (χ1n) is 6.01. The summed E-state index contributed by atoms with van der Waals surface area (Å²) in [6.45, 7) is 6.03. The molecule has 2 aromatic rings. The Bertz CT molecular complexity index is 499. The summed E-state index contributed by atoms with van der Waals surface area (Å²) in [5.74, 6) is 0. The topological polar surface area (TPSA) is 45.0 Å².